The van der Waals surface area contributed by atoms with Crippen LogP contribution < -0.4 is 0 Å². The second kappa shape index (κ2) is 2.35. The predicted molar refractivity (Wildman–Crippen MR) is 34.4 cm³/mol. The largest absolute Gasteiger partial charge is 0.347 e. The first-order chi connectivity index (χ1) is 3.80. The van der Waals surface area contributed by atoms with Gasteiger partial charge in [-0.3, -0.25) is 5.41 Å². The number of nitrogens with zero attached hydrogens (tertiary/aromatic N) is 1. The first-order valence-electron chi connectivity index (χ1n) is 2.80. The van der Waals surface area contributed by atoms with Crippen molar-refractivity contribution in [2.24, 2.45) is 0 Å². The van der Waals surface area contributed by atoms with Crippen molar-refractivity contribution in [3.05, 3.63) is 0 Å². The quantitative estimate of drug-likeness (QED) is 0.300. The first kappa shape index (κ1) is 5.89. The lowest BCUT2D eigenvalue weighted by Gasteiger charge is -2.11. The molecule has 2 nitrogen and oxygen atoms in total. The Labute approximate surface area is 53.9 Å². The molecule has 0 bridgehead atoms. The van der Waals surface area contributed by atoms with Gasteiger partial charge in [0.15, 0.2) is 5.29 Å². The van der Waals surface area contributed by atoms with Crippen LogP contribution in [0.3, 0.4) is 0 Å². The third-order valence-corrected chi connectivity index (χ3v) is 1.62. The molecule has 1 saturated heterocycles. The van der Waals surface area contributed by atoms with Crippen molar-refractivity contribution >= 4 is 16.9 Å². The molecule has 0 amide bonds. The molecule has 0 aromatic heterocycles. The van der Waals surface area contributed by atoms with Crippen molar-refractivity contribution in [3.63, 3.8) is 0 Å². The Bertz CT molecular complexity index is 96.6. The van der Waals surface area contributed by atoms with E-state index in [1.807, 2.05) is 4.90 Å². The van der Waals surface area contributed by atoms with Crippen LogP contribution in [0.5, 0.6) is 0 Å². The highest BCUT2D eigenvalue weighted by Gasteiger charge is 2.11. The maximum Gasteiger partial charge on any atom is 0.191 e. The second-order valence-electron chi connectivity index (χ2n) is 1.98. The van der Waals surface area contributed by atoms with Crippen molar-refractivity contribution in [2.45, 2.75) is 12.8 Å². The number of likely N-dealkylation sites (tertiary alicyclic amines) is 1. The van der Waals surface area contributed by atoms with E-state index in [9.17, 15) is 0 Å². The van der Waals surface area contributed by atoms with Crippen LogP contribution in [0.2, 0.25) is 0 Å². The topological polar surface area (TPSA) is 27.1 Å². The molecular weight excluding hydrogens is 124 g/mol. The van der Waals surface area contributed by atoms with Gasteiger partial charge in [0.1, 0.15) is 0 Å². The number of nitrogens with one attached hydrogen (secondary N) is 1. The minimum Gasteiger partial charge on any atom is -0.347 e. The smallest absolute Gasteiger partial charge is 0.191 e. The van der Waals surface area contributed by atoms with Gasteiger partial charge in [0, 0.05) is 13.1 Å². The van der Waals surface area contributed by atoms with Crippen molar-refractivity contribution < 1.29 is 0 Å². The van der Waals surface area contributed by atoms with Gasteiger partial charge in [-0.1, -0.05) is 0 Å². The summed E-state index contributed by atoms with van der Waals surface area (Å²) >= 11 is 5.39. The zero-order chi connectivity index (χ0) is 5.98. The van der Waals surface area contributed by atoms with Gasteiger partial charge in [0.2, 0.25) is 0 Å². The van der Waals surface area contributed by atoms with Gasteiger partial charge in [-0.2, -0.15) is 0 Å². The maximum atomic E-state index is 6.98. The Morgan fingerprint density at radius 2 is 1.88 bits per heavy atom. The van der Waals surface area contributed by atoms with Gasteiger partial charge in [-0.25, -0.2) is 0 Å². The molecule has 1 fully saturated rings. The molecule has 8 heavy (non-hydrogen) atoms. The van der Waals surface area contributed by atoms with Crippen LogP contribution >= 0.6 is 11.6 Å². The summed E-state index contributed by atoms with van der Waals surface area (Å²) in [6.45, 7) is 1.95. The molecule has 1 N–H and O–H groups in total. The average molecular weight is 133 g/mol. The van der Waals surface area contributed by atoms with Crippen molar-refractivity contribution in [3.8, 4) is 0 Å². The highest BCUT2D eigenvalue weighted by molar-refractivity contribution is 6.63. The third-order valence-electron chi connectivity index (χ3n) is 1.38. The first-order valence-corrected chi connectivity index (χ1v) is 3.17. The molecule has 3 heteroatoms. The van der Waals surface area contributed by atoms with E-state index in [1.54, 1.807) is 0 Å². The third kappa shape index (κ3) is 1.13. The fraction of sp³-hybridized carbons (Fsp3) is 0.800. The fourth-order valence-electron chi connectivity index (χ4n) is 0.913. The summed E-state index contributed by atoms with van der Waals surface area (Å²) in [4.78, 5) is 1.88. The predicted octanol–water partition coefficient (Wildman–Crippen LogP) is 1.26. The summed E-state index contributed by atoms with van der Waals surface area (Å²) in [5.41, 5.74) is 0. The van der Waals surface area contributed by atoms with E-state index >= 15 is 0 Å². The summed E-state index contributed by atoms with van der Waals surface area (Å²) in [7, 11) is 0. The van der Waals surface area contributed by atoms with Crippen LogP contribution in [0, 0.1) is 5.41 Å². The number of halogens is 1. The Hall–Kier alpha value is -0.240. The van der Waals surface area contributed by atoms with E-state index in [0.717, 1.165) is 13.1 Å². The number of rotatable bonds is 0. The Kier molecular flexibility index (Phi) is 1.73. The summed E-state index contributed by atoms with van der Waals surface area (Å²) < 4.78 is 0. The van der Waals surface area contributed by atoms with Gasteiger partial charge >= 0.3 is 0 Å². The van der Waals surface area contributed by atoms with E-state index in [1.165, 1.54) is 12.8 Å². The molecule has 0 spiro atoms. The zero-order valence-corrected chi connectivity index (χ0v) is 5.41. The minimum atomic E-state index is 0.197. The van der Waals surface area contributed by atoms with Crippen molar-refractivity contribution in [2.75, 3.05) is 13.1 Å². The monoisotopic (exact) mass is 132 g/mol. The van der Waals surface area contributed by atoms with E-state index < -0.39 is 0 Å². The van der Waals surface area contributed by atoms with E-state index in [2.05, 4.69) is 0 Å². The Morgan fingerprint density at radius 1 is 1.38 bits per heavy atom. The molecule has 0 radical (unpaired) electrons. The molecule has 0 aliphatic carbocycles. The van der Waals surface area contributed by atoms with Crippen LogP contribution in [-0.2, 0) is 0 Å². The van der Waals surface area contributed by atoms with Gasteiger partial charge in [-0.15, -0.1) is 0 Å². The number of amidine groups is 1. The normalized spacial score (nSPS) is 19.4. The Balaban J connectivity index is 2.35. The standard InChI is InChI=1S/C5H9ClN2/c6-5(7)8-3-1-2-4-8/h7H,1-4H2. The van der Waals surface area contributed by atoms with Gasteiger partial charge in [-0.05, 0) is 24.4 Å². The highest BCUT2D eigenvalue weighted by atomic mass is 35.5. The molecule has 0 saturated carbocycles. The number of hydrogen-bond acceptors (Lipinski definition) is 1. The van der Waals surface area contributed by atoms with E-state index in [4.69, 9.17) is 17.0 Å². The SMILES string of the molecule is N=C(Cl)N1CCCC1. The molecule has 0 aromatic rings. The van der Waals surface area contributed by atoms with E-state index in [0.29, 0.717) is 0 Å². The minimum absolute atomic E-state index is 0.197. The van der Waals surface area contributed by atoms with Crippen molar-refractivity contribution in [1.29, 1.82) is 5.41 Å². The van der Waals surface area contributed by atoms with Crippen LogP contribution in [-0.4, -0.2) is 23.3 Å². The molecule has 1 heterocycles. The lowest BCUT2D eigenvalue weighted by molar-refractivity contribution is 0.526. The molecule has 1 aliphatic rings. The van der Waals surface area contributed by atoms with E-state index in [-0.39, 0.29) is 5.29 Å². The highest BCUT2D eigenvalue weighted by Crippen LogP contribution is 2.08. The summed E-state index contributed by atoms with van der Waals surface area (Å²) in [6.07, 6.45) is 2.38. The Morgan fingerprint density at radius 3 is 2.12 bits per heavy atom. The molecule has 0 atom stereocenters. The molecular formula is C5H9ClN2. The zero-order valence-electron chi connectivity index (χ0n) is 4.65. The lowest BCUT2D eigenvalue weighted by Crippen LogP contribution is -2.21. The molecule has 0 aromatic carbocycles. The van der Waals surface area contributed by atoms with Crippen LogP contribution in [0.4, 0.5) is 0 Å². The fourth-order valence-corrected chi connectivity index (χ4v) is 1.08. The second-order valence-corrected chi connectivity index (χ2v) is 2.34. The molecule has 0 unspecified atom stereocenters. The lowest BCUT2D eigenvalue weighted by atomic mass is 10.4. The molecule has 1 rings (SSSR count). The van der Waals surface area contributed by atoms with Gasteiger partial charge < -0.3 is 4.90 Å². The van der Waals surface area contributed by atoms with Crippen LogP contribution in [0.15, 0.2) is 0 Å². The van der Waals surface area contributed by atoms with Gasteiger partial charge in [0.25, 0.3) is 0 Å². The van der Waals surface area contributed by atoms with Crippen LogP contribution in [0.1, 0.15) is 12.8 Å². The summed E-state index contributed by atoms with van der Waals surface area (Å²) in [5, 5.41) is 7.18. The summed E-state index contributed by atoms with van der Waals surface area (Å²) in [6, 6.07) is 0. The van der Waals surface area contributed by atoms with Crippen LogP contribution in [0.25, 0.3) is 0 Å². The average Bonchev–Trinajstić information content (AvgIpc) is 2.12. The number of hydrogen-bond donors (Lipinski definition) is 1. The van der Waals surface area contributed by atoms with Crippen molar-refractivity contribution in [1.82, 2.24) is 4.90 Å². The van der Waals surface area contributed by atoms with Gasteiger partial charge in [0.05, 0.1) is 0 Å². The maximum absolute atomic E-state index is 6.98. The molecule has 1 aliphatic heterocycles. The summed E-state index contributed by atoms with van der Waals surface area (Å²) in [5.74, 6) is 0. The molecule has 46 valence electrons.